The number of rotatable bonds is 11. The van der Waals surface area contributed by atoms with E-state index < -0.39 is 81.9 Å². The van der Waals surface area contributed by atoms with E-state index in [-0.39, 0.29) is 29.1 Å². The Morgan fingerprint density at radius 2 is 1.51 bits per heavy atom. The highest BCUT2D eigenvalue weighted by Crippen LogP contribution is 2.49. The predicted octanol–water partition coefficient (Wildman–Crippen LogP) is 3.78. The number of methoxy groups -OCH3 is 1. The van der Waals surface area contributed by atoms with E-state index in [0.717, 1.165) is 0 Å². The highest BCUT2D eigenvalue weighted by Gasteiger charge is 2.51. The van der Waals surface area contributed by atoms with Gasteiger partial charge in [0.15, 0.2) is 16.1 Å². The Bertz CT molecular complexity index is 1980. The number of carbonyl (C=O) groups excluding carboxylic acids is 1. The van der Waals surface area contributed by atoms with E-state index in [9.17, 15) is 47.5 Å². The first-order chi connectivity index (χ1) is 24.3. The van der Waals surface area contributed by atoms with Gasteiger partial charge in [0, 0.05) is 12.8 Å². The first-order valence-electron chi connectivity index (χ1n) is 16.2. The minimum atomic E-state index is -4.47. The highest BCUT2D eigenvalue weighted by molar-refractivity contribution is 7.91. The van der Waals surface area contributed by atoms with Crippen molar-refractivity contribution < 1.29 is 57.0 Å². The molecule has 8 unspecified atom stereocenters. The molecule has 0 saturated carbocycles. The van der Waals surface area contributed by atoms with E-state index in [1.54, 1.807) is 18.2 Å². The van der Waals surface area contributed by atoms with Crippen LogP contribution in [-0.2, 0) is 24.1 Å². The smallest absolute Gasteiger partial charge is 0.233 e. The normalized spacial score (nSPS) is 25.7. The van der Waals surface area contributed by atoms with Gasteiger partial charge in [-0.25, -0.2) is 17.2 Å². The number of ether oxygens (including phenoxy) is 2. The lowest BCUT2D eigenvalue weighted by atomic mass is 9.78. The van der Waals surface area contributed by atoms with E-state index in [1.165, 1.54) is 84.8 Å². The minimum Gasteiger partial charge on any atom is -0.508 e. The number of benzene rings is 4. The second-order valence-corrected chi connectivity index (χ2v) is 14.7. The Morgan fingerprint density at radius 3 is 2.16 bits per heavy atom. The molecular formula is C37H37F2NO10S. The van der Waals surface area contributed by atoms with Gasteiger partial charge in [-0.3, -0.25) is 4.79 Å². The topological polar surface area (TPSA) is 174 Å². The summed E-state index contributed by atoms with van der Waals surface area (Å²) in [5.41, 5.74) is 1.78. The maximum atomic E-state index is 14.5. The molecule has 1 amide bonds. The van der Waals surface area contributed by atoms with Gasteiger partial charge in [0.2, 0.25) is 5.91 Å². The number of hydrogen-bond acceptors (Lipinski definition) is 10. The van der Waals surface area contributed by atoms with E-state index in [4.69, 9.17) is 9.47 Å². The summed E-state index contributed by atoms with van der Waals surface area (Å²) >= 11 is 0. The molecule has 0 radical (unpaired) electrons. The van der Waals surface area contributed by atoms with Crippen LogP contribution >= 0.6 is 0 Å². The lowest BCUT2D eigenvalue weighted by Gasteiger charge is -2.48. The molecule has 0 aliphatic carbocycles. The number of β-lactam (4-membered cyclic amide) rings is 1. The third-order valence-corrected chi connectivity index (χ3v) is 11.2. The summed E-state index contributed by atoms with van der Waals surface area (Å²) < 4.78 is 67.0. The molecule has 8 atom stereocenters. The van der Waals surface area contributed by atoms with Gasteiger partial charge in [0.1, 0.15) is 41.8 Å². The van der Waals surface area contributed by atoms with Crippen molar-refractivity contribution in [1.82, 2.24) is 0 Å². The van der Waals surface area contributed by atoms with Crippen molar-refractivity contribution in [2.24, 2.45) is 5.92 Å². The van der Waals surface area contributed by atoms with Gasteiger partial charge in [-0.2, -0.15) is 0 Å². The number of nitrogens with zero attached hydrogens (tertiary/aromatic N) is 1. The number of hydrogen-bond donors (Lipinski definition) is 5. The van der Waals surface area contributed by atoms with Crippen LogP contribution in [0.1, 0.15) is 36.1 Å². The summed E-state index contributed by atoms with van der Waals surface area (Å²) in [7, 11) is -3.28. The molecule has 2 heterocycles. The van der Waals surface area contributed by atoms with Crippen LogP contribution in [-0.4, -0.2) is 83.4 Å². The molecule has 270 valence electrons. The van der Waals surface area contributed by atoms with Crippen LogP contribution in [0.3, 0.4) is 0 Å². The molecule has 0 spiro atoms. The second-order valence-electron chi connectivity index (χ2n) is 12.7. The fourth-order valence-electron chi connectivity index (χ4n) is 6.73. The number of halogens is 2. The molecule has 0 bridgehead atoms. The van der Waals surface area contributed by atoms with Crippen LogP contribution in [0, 0.1) is 17.6 Å². The van der Waals surface area contributed by atoms with Crippen LogP contribution in [0.15, 0.2) is 95.9 Å². The van der Waals surface area contributed by atoms with E-state index in [1.807, 2.05) is 0 Å². The third kappa shape index (κ3) is 7.39. The van der Waals surface area contributed by atoms with Crippen molar-refractivity contribution in [3.63, 3.8) is 0 Å². The van der Waals surface area contributed by atoms with Crippen LogP contribution in [0.2, 0.25) is 0 Å². The van der Waals surface area contributed by atoms with E-state index in [0.29, 0.717) is 22.4 Å². The lowest BCUT2D eigenvalue weighted by molar-refractivity contribution is -0.285. The number of sulfone groups is 1. The van der Waals surface area contributed by atoms with Crippen molar-refractivity contribution in [3.8, 4) is 16.9 Å². The van der Waals surface area contributed by atoms with Gasteiger partial charge < -0.3 is 39.9 Å². The van der Waals surface area contributed by atoms with Gasteiger partial charge in [0.05, 0.1) is 28.7 Å². The number of phenolic OH excluding ortho intramolecular Hbond substituents is 1. The summed E-state index contributed by atoms with van der Waals surface area (Å²) in [6, 6.07) is 20.2. The van der Waals surface area contributed by atoms with Crippen molar-refractivity contribution in [3.05, 3.63) is 114 Å². The maximum Gasteiger partial charge on any atom is 0.233 e. The Hall–Kier alpha value is -4.28. The maximum absolute atomic E-state index is 14.5. The Morgan fingerprint density at radius 1 is 0.863 bits per heavy atom. The Balaban J connectivity index is 1.43. The molecule has 4 aromatic rings. The van der Waals surface area contributed by atoms with Gasteiger partial charge in [-0.05, 0) is 89.7 Å². The van der Waals surface area contributed by atoms with Crippen molar-refractivity contribution >= 4 is 21.4 Å². The lowest BCUT2D eigenvalue weighted by Crippen LogP contribution is -2.59. The summed E-state index contributed by atoms with van der Waals surface area (Å²) in [6.45, 7) is 0. The first-order valence-corrected chi connectivity index (χ1v) is 17.8. The molecule has 2 saturated heterocycles. The average molecular weight is 726 g/mol. The van der Waals surface area contributed by atoms with Crippen LogP contribution in [0.4, 0.5) is 14.5 Å². The summed E-state index contributed by atoms with van der Waals surface area (Å²) in [5.74, 6) is -3.20. The molecule has 2 fully saturated rings. The predicted molar refractivity (Wildman–Crippen MR) is 180 cm³/mol. The average Bonchev–Trinajstić information content (AvgIpc) is 3.11. The number of aromatic hydroxyl groups is 1. The highest BCUT2D eigenvalue weighted by atomic mass is 32.2. The number of phenols is 1. The summed E-state index contributed by atoms with van der Waals surface area (Å²) in [6.07, 6.45) is -9.10. The zero-order chi connectivity index (χ0) is 36.6. The van der Waals surface area contributed by atoms with Crippen molar-refractivity contribution in [2.45, 2.75) is 60.6 Å². The summed E-state index contributed by atoms with van der Waals surface area (Å²) in [5, 5.41) is 52.5. The molecule has 11 nitrogen and oxygen atoms in total. The minimum absolute atomic E-state index is 0.0651. The van der Waals surface area contributed by atoms with Gasteiger partial charge in [-0.15, -0.1) is 0 Å². The SMILES string of the molecule is COC1OC(CS(=O)(=O)c2cc(-c3cccc(O)c3)ccc2C2C(CCC(O)c3ccc(F)cc3)C(=O)N2c2ccc(F)cc2)C(O)C(O)C1O. The second kappa shape index (κ2) is 14.8. The molecule has 2 aliphatic heterocycles. The van der Waals surface area contributed by atoms with Gasteiger partial charge in [-0.1, -0.05) is 36.4 Å². The van der Waals surface area contributed by atoms with Gasteiger partial charge >= 0.3 is 0 Å². The molecule has 5 N–H and O–H groups in total. The quantitative estimate of drug-likeness (QED) is 0.143. The fourth-order valence-corrected chi connectivity index (χ4v) is 8.47. The van der Waals surface area contributed by atoms with E-state index >= 15 is 0 Å². The molecule has 6 rings (SSSR count). The molecule has 2 aliphatic rings. The summed E-state index contributed by atoms with van der Waals surface area (Å²) in [4.78, 5) is 14.9. The fraction of sp³-hybridized carbons (Fsp3) is 0.324. The van der Waals surface area contributed by atoms with E-state index in [2.05, 4.69) is 0 Å². The largest absolute Gasteiger partial charge is 0.508 e. The number of anilines is 1. The number of amides is 1. The molecule has 51 heavy (non-hydrogen) atoms. The molecule has 0 aromatic heterocycles. The molecule has 4 aromatic carbocycles. The number of aliphatic hydroxyl groups excluding tert-OH is 4. The van der Waals surface area contributed by atoms with Crippen LogP contribution < -0.4 is 4.90 Å². The first kappa shape index (κ1) is 36.5. The number of aliphatic hydroxyl groups is 4. The van der Waals surface area contributed by atoms with Gasteiger partial charge in [0.25, 0.3) is 0 Å². The van der Waals surface area contributed by atoms with Crippen molar-refractivity contribution in [2.75, 3.05) is 17.8 Å². The zero-order valence-corrected chi connectivity index (χ0v) is 28.1. The zero-order valence-electron chi connectivity index (χ0n) is 27.3. The molecular weight excluding hydrogens is 688 g/mol. The molecule has 14 heteroatoms. The standard InChI is InChI=1S/C37H37F2NO10S/c1-49-37-35(45)34(44)33(43)30(50-37)19-51(47,48)31-18-22(21-3-2-4-26(41)17-21)7-14-27(31)32-28(15-16-29(42)20-5-8-23(38)9-6-20)36(46)40(32)25-12-10-24(39)11-13-25/h2-14,17-18,28-30,32-35,37,41-45H,15-16,19H2,1H3. The van der Waals surface area contributed by atoms with Crippen molar-refractivity contribution in [1.29, 1.82) is 0 Å². The monoisotopic (exact) mass is 725 g/mol. The van der Waals surface area contributed by atoms with Crippen LogP contribution in [0.5, 0.6) is 5.75 Å². The number of carbonyl (C=O) groups is 1. The van der Waals surface area contributed by atoms with Crippen LogP contribution in [0.25, 0.3) is 11.1 Å². The Kier molecular flexibility index (Phi) is 10.6. The third-order valence-electron chi connectivity index (χ3n) is 9.46. The Labute approximate surface area is 292 Å².